The molecule has 0 saturated carbocycles. The number of hydrogen-bond acceptors (Lipinski definition) is 7. The zero-order chi connectivity index (χ0) is 20.8. The van der Waals surface area contributed by atoms with E-state index in [9.17, 15) is 14.4 Å². The summed E-state index contributed by atoms with van der Waals surface area (Å²) >= 11 is 0. The maximum absolute atomic E-state index is 12.5. The second-order valence-electron chi connectivity index (χ2n) is 6.38. The van der Waals surface area contributed by atoms with Crippen molar-refractivity contribution in [1.29, 1.82) is 0 Å². The molecule has 0 spiro atoms. The molecule has 0 aliphatic heterocycles. The topological polar surface area (TPSA) is 92.0 Å². The largest absolute Gasteiger partial charge is 0.479 e. The number of fused-ring (bicyclic) bond motifs is 1. The Balaban J connectivity index is 2.35. The maximum atomic E-state index is 12.5. The van der Waals surface area contributed by atoms with E-state index in [2.05, 4.69) is 0 Å². The fourth-order valence-electron chi connectivity index (χ4n) is 2.95. The molecule has 0 amide bonds. The molecule has 1 aromatic carbocycles. The van der Waals surface area contributed by atoms with Gasteiger partial charge in [-0.3, -0.25) is 4.79 Å². The first kappa shape index (κ1) is 21.5. The highest BCUT2D eigenvalue weighted by atomic mass is 16.6. The van der Waals surface area contributed by atoms with Crippen LogP contribution >= 0.6 is 0 Å². The Labute approximate surface area is 163 Å². The summed E-state index contributed by atoms with van der Waals surface area (Å²) < 4.78 is 21.1. The Morgan fingerprint density at radius 3 is 2.39 bits per heavy atom. The molecular weight excluding hydrogens is 364 g/mol. The summed E-state index contributed by atoms with van der Waals surface area (Å²) in [6.07, 6.45) is -0.421. The zero-order valence-electron chi connectivity index (χ0n) is 16.9. The third kappa shape index (κ3) is 4.71. The third-order valence-corrected chi connectivity index (χ3v) is 4.46. The molecule has 7 nitrogen and oxygen atoms in total. The predicted octanol–water partition coefficient (Wildman–Crippen LogP) is 3.24. The first-order valence-corrected chi connectivity index (χ1v) is 9.34. The van der Waals surface area contributed by atoms with Crippen molar-refractivity contribution in [3.05, 3.63) is 39.2 Å². The van der Waals surface area contributed by atoms with Crippen LogP contribution in [0, 0.1) is 13.8 Å². The lowest BCUT2D eigenvalue weighted by atomic mass is 10.0. The van der Waals surface area contributed by atoms with Crippen molar-refractivity contribution in [1.82, 2.24) is 0 Å². The Morgan fingerprint density at radius 1 is 1.07 bits per heavy atom. The van der Waals surface area contributed by atoms with Crippen LogP contribution in [0.4, 0.5) is 0 Å². The molecule has 0 aliphatic carbocycles. The van der Waals surface area contributed by atoms with Gasteiger partial charge in [0.15, 0.2) is 6.10 Å². The van der Waals surface area contributed by atoms with Gasteiger partial charge < -0.3 is 18.6 Å². The van der Waals surface area contributed by atoms with Crippen molar-refractivity contribution in [2.75, 3.05) is 13.2 Å². The predicted molar refractivity (Wildman–Crippen MR) is 104 cm³/mol. The number of ether oxygens (including phenoxy) is 3. The molecule has 1 atom stereocenters. The lowest BCUT2D eigenvalue weighted by molar-refractivity contribution is -0.150. The van der Waals surface area contributed by atoms with Gasteiger partial charge in [0, 0.05) is 22.9 Å². The van der Waals surface area contributed by atoms with E-state index in [1.165, 1.54) is 0 Å². The maximum Gasteiger partial charge on any atom is 0.347 e. The minimum Gasteiger partial charge on any atom is -0.479 e. The van der Waals surface area contributed by atoms with Crippen LogP contribution < -0.4 is 10.4 Å². The van der Waals surface area contributed by atoms with Crippen molar-refractivity contribution in [3.8, 4) is 5.75 Å². The van der Waals surface area contributed by atoms with Crippen molar-refractivity contribution in [2.24, 2.45) is 0 Å². The van der Waals surface area contributed by atoms with Crippen molar-refractivity contribution in [2.45, 2.75) is 53.6 Å². The summed E-state index contributed by atoms with van der Waals surface area (Å²) in [5.41, 5.74) is 1.73. The molecule has 2 aromatic rings. The van der Waals surface area contributed by atoms with Crippen molar-refractivity contribution < 1.29 is 28.2 Å². The number of carbonyl (C=O) groups is 2. The second-order valence-corrected chi connectivity index (χ2v) is 6.38. The van der Waals surface area contributed by atoms with Crippen LogP contribution in [0.3, 0.4) is 0 Å². The normalized spacial score (nSPS) is 11.9. The highest BCUT2D eigenvalue weighted by Gasteiger charge is 2.20. The van der Waals surface area contributed by atoms with Crippen LogP contribution in [0.5, 0.6) is 5.75 Å². The summed E-state index contributed by atoms with van der Waals surface area (Å²) in [5.74, 6) is -0.377. The van der Waals surface area contributed by atoms with Crippen LogP contribution in [0.25, 0.3) is 11.0 Å². The van der Waals surface area contributed by atoms with Crippen LogP contribution in [0.2, 0.25) is 0 Å². The number of carbonyl (C=O) groups excluding carboxylic acids is 2. The van der Waals surface area contributed by atoms with Gasteiger partial charge in [0.1, 0.15) is 11.3 Å². The minimum absolute atomic E-state index is 0.113. The van der Waals surface area contributed by atoms with E-state index in [4.69, 9.17) is 18.6 Å². The van der Waals surface area contributed by atoms with E-state index < -0.39 is 17.7 Å². The molecule has 0 N–H and O–H groups in total. The second kappa shape index (κ2) is 9.39. The molecule has 1 aromatic heterocycles. The number of esters is 2. The highest BCUT2D eigenvalue weighted by molar-refractivity contribution is 5.86. The minimum atomic E-state index is -0.784. The molecule has 0 bridgehead atoms. The fourth-order valence-corrected chi connectivity index (χ4v) is 2.95. The Hall–Kier alpha value is -2.83. The van der Waals surface area contributed by atoms with E-state index >= 15 is 0 Å². The Kier molecular flexibility index (Phi) is 7.20. The van der Waals surface area contributed by atoms with E-state index in [0.29, 0.717) is 29.1 Å². The SMILES string of the molecule is CCOC(=O)CCc1c(C)c2ccc(O[C@@H](C)C(=O)OCC)c(C)c2oc1=O. The van der Waals surface area contributed by atoms with Crippen LogP contribution in [0.15, 0.2) is 21.3 Å². The first-order chi connectivity index (χ1) is 13.3. The lowest BCUT2D eigenvalue weighted by Crippen LogP contribution is -2.26. The molecule has 0 aliphatic rings. The van der Waals surface area contributed by atoms with Gasteiger partial charge in [0.25, 0.3) is 0 Å². The average molecular weight is 390 g/mol. The average Bonchev–Trinajstić information content (AvgIpc) is 2.64. The highest BCUT2D eigenvalue weighted by Crippen LogP contribution is 2.30. The number of benzene rings is 1. The van der Waals surface area contributed by atoms with E-state index in [0.717, 1.165) is 10.9 Å². The van der Waals surface area contributed by atoms with Gasteiger partial charge in [-0.1, -0.05) is 0 Å². The van der Waals surface area contributed by atoms with Crippen molar-refractivity contribution in [3.63, 3.8) is 0 Å². The van der Waals surface area contributed by atoms with Gasteiger partial charge in [0.2, 0.25) is 0 Å². The molecule has 0 radical (unpaired) electrons. The van der Waals surface area contributed by atoms with Gasteiger partial charge in [-0.15, -0.1) is 0 Å². The van der Waals surface area contributed by atoms with E-state index in [1.807, 2.05) is 6.92 Å². The standard InChI is InChI=1S/C21H26O7/c1-6-25-18(22)11-9-16-12(3)15-8-10-17(13(4)19(15)28-21(16)24)27-14(5)20(23)26-7-2/h8,10,14H,6-7,9,11H2,1-5H3/t14-/m0/s1. The molecule has 7 heteroatoms. The molecule has 152 valence electrons. The Bertz CT molecular complexity index is 926. The number of aryl methyl sites for hydroxylation is 2. The molecule has 2 rings (SSSR count). The first-order valence-electron chi connectivity index (χ1n) is 9.34. The molecule has 28 heavy (non-hydrogen) atoms. The molecule has 0 saturated heterocycles. The van der Waals surface area contributed by atoms with Gasteiger partial charge in [0.05, 0.1) is 13.2 Å². The summed E-state index contributed by atoms with van der Waals surface area (Å²) in [4.78, 5) is 35.9. The summed E-state index contributed by atoms with van der Waals surface area (Å²) in [6, 6.07) is 3.51. The fraction of sp³-hybridized carbons (Fsp3) is 0.476. The van der Waals surface area contributed by atoms with Crippen LogP contribution in [0.1, 0.15) is 43.9 Å². The number of rotatable bonds is 8. The Morgan fingerprint density at radius 2 is 1.75 bits per heavy atom. The van der Waals surface area contributed by atoms with Gasteiger partial charge in [-0.2, -0.15) is 0 Å². The summed E-state index contributed by atoms with van der Waals surface area (Å²) in [6.45, 7) is 9.21. The quantitative estimate of drug-likeness (QED) is 0.505. The number of hydrogen-bond donors (Lipinski definition) is 0. The molecule has 1 heterocycles. The third-order valence-electron chi connectivity index (χ3n) is 4.46. The van der Waals surface area contributed by atoms with Gasteiger partial charge in [-0.05, 0) is 58.7 Å². The zero-order valence-corrected chi connectivity index (χ0v) is 16.9. The van der Waals surface area contributed by atoms with Crippen LogP contribution in [-0.2, 0) is 25.5 Å². The van der Waals surface area contributed by atoms with E-state index in [-0.39, 0.29) is 25.4 Å². The summed E-state index contributed by atoms with van der Waals surface area (Å²) in [5, 5.41) is 0.757. The van der Waals surface area contributed by atoms with Crippen LogP contribution in [-0.4, -0.2) is 31.3 Å². The lowest BCUT2D eigenvalue weighted by Gasteiger charge is -2.16. The van der Waals surface area contributed by atoms with Gasteiger partial charge >= 0.3 is 17.6 Å². The molecular formula is C21H26O7. The van der Waals surface area contributed by atoms with E-state index in [1.54, 1.807) is 39.8 Å². The summed E-state index contributed by atoms with van der Waals surface area (Å²) in [7, 11) is 0. The monoisotopic (exact) mass is 390 g/mol. The smallest absolute Gasteiger partial charge is 0.347 e. The molecule has 0 fully saturated rings. The van der Waals surface area contributed by atoms with Crippen molar-refractivity contribution >= 4 is 22.9 Å². The molecule has 0 unspecified atom stereocenters. The van der Waals surface area contributed by atoms with Gasteiger partial charge in [-0.25, -0.2) is 9.59 Å².